The number of rotatable bonds is 1. The first-order valence-electron chi connectivity index (χ1n) is 2.57. The number of allylic oxidation sites excluding steroid dienone is 1. The molecular formula is C6H12N2. The van der Waals surface area contributed by atoms with Crippen LogP contribution in [0.1, 0.15) is 6.92 Å². The summed E-state index contributed by atoms with van der Waals surface area (Å²) in [6.45, 7) is 1.90. The van der Waals surface area contributed by atoms with Crippen LogP contribution in [0.5, 0.6) is 0 Å². The monoisotopic (exact) mass is 112 g/mol. The molecule has 0 bridgehead atoms. The third kappa shape index (κ3) is 2.39. The van der Waals surface area contributed by atoms with Crippen LogP contribution < -0.4 is 0 Å². The SMILES string of the molecule is C/C=C/C(=N)N(C)C. The second-order valence-corrected chi connectivity index (χ2v) is 1.78. The van der Waals surface area contributed by atoms with Gasteiger partial charge in [-0.25, -0.2) is 0 Å². The summed E-state index contributed by atoms with van der Waals surface area (Å²) < 4.78 is 0. The number of nitrogens with zero attached hydrogens (tertiary/aromatic N) is 1. The van der Waals surface area contributed by atoms with Gasteiger partial charge in [0.2, 0.25) is 0 Å². The lowest BCUT2D eigenvalue weighted by molar-refractivity contribution is 0.622. The fourth-order valence-corrected chi connectivity index (χ4v) is 0.307. The maximum Gasteiger partial charge on any atom is 0.119 e. The van der Waals surface area contributed by atoms with E-state index < -0.39 is 0 Å². The predicted octanol–water partition coefficient (Wildman–Crippen LogP) is 1.10. The number of likely N-dealkylation sites (N-methyl/N-ethyl adjacent to an activating group) is 1. The van der Waals surface area contributed by atoms with Gasteiger partial charge in [-0.3, -0.25) is 5.41 Å². The molecule has 2 heteroatoms. The van der Waals surface area contributed by atoms with Gasteiger partial charge >= 0.3 is 0 Å². The van der Waals surface area contributed by atoms with Crippen molar-refractivity contribution >= 4 is 5.84 Å². The van der Waals surface area contributed by atoms with Gasteiger partial charge in [0.15, 0.2) is 0 Å². The molecule has 0 aromatic heterocycles. The van der Waals surface area contributed by atoms with Crippen LogP contribution in [0.3, 0.4) is 0 Å². The van der Waals surface area contributed by atoms with Crippen LogP contribution in [-0.4, -0.2) is 24.8 Å². The van der Waals surface area contributed by atoms with E-state index in [4.69, 9.17) is 5.41 Å². The predicted molar refractivity (Wildman–Crippen MR) is 36.2 cm³/mol. The Morgan fingerprint density at radius 2 is 2.00 bits per heavy atom. The molecule has 0 rings (SSSR count). The van der Waals surface area contributed by atoms with Crippen molar-refractivity contribution in [3.63, 3.8) is 0 Å². The smallest absolute Gasteiger partial charge is 0.119 e. The standard InChI is InChI=1S/C6H12N2/c1-4-5-6(7)8(2)3/h4-5,7H,1-3H3/b5-4+,7-6?. The minimum Gasteiger partial charge on any atom is -0.363 e. The van der Waals surface area contributed by atoms with E-state index in [2.05, 4.69) is 0 Å². The molecule has 1 N–H and O–H groups in total. The summed E-state index contributed by atoms with van der Waals surface area (Å²) in [7, 11) is 3.70. The second kappa shape index (κ2) is 3.24. The van der Waals surface area contributed by atoms with E-state index in [1.807, 2.05) is 27.1 Å². The van der Waals surface area contributed by atoms with Crippen LogP contribution in [0.2, 0.25) is 0 Å². The highest BCUT2D eigenvalue weighted by molar-refractivity contribution is 5.89. The first-order valence-corrected chi connectivity index (χ1v) is 2.57. The largest absolute Gasteiger partial charge is 0.363 e. The molecule has 0 radical (unpaired) electrons. The van der Waals surface area contributed by atoms with Crippen LogP contribution >= 0.6 is 0 Å². The molecule has 2 nitrogen and oxygen atoms in total. The van der Waals surface area contributed by atoms with Crippen molar-refractivity contribution in [2.45, 2.75) is 6.92 Å². The van der Waals surface area contributed by atoms with Gasteiger partial charge in [-0.15, -0.1) is 0 Å². The van der Waals surface area contributed by atoms with E-state index in [1.165, 1.54) is 0 Å². The zero-order valence-electron chi connectivity index (χ0n) is 5.60. The molecule has 0 amide bonds. The quantitative estimate of drug-likeness (QED) is 0.399. The number of nitrogens with one attached hydrogen (secondary N) is 1. The van der Waals surface area contributed by atoms with Gasteiger partial charge in [0, 0.05) is 14.1 Å². The average molecular weight is 112 g/mol. The Bertz CT molecular complexity index is 103. The Balaban J connectivity index is 3.66. The van der Waals surface area contributed by atoms with E-state index in [9.17, 15) is 0 Å². The molecule has 0 atom stereocenters. The molecule has 0 aliphatic rings. The molecule has 46 valence electrons. The number of amidine groups is 1. The molecule has 0 heterocycles. The Morgan fingerprint density at radius 3 is 2.12 bits per heavy atom. The Labute approximate surface area is 50.3 Å². The number of hydrogen-bond donors (Lipinski definition) is 1. The van der Waals surface area contributed by atoms with Crippen LogP contribution in [0.25, 0.3) is 0 Å². The molecule has 0 saturated carbocycles. The summed E-state index contributed by atoms with van der Waals surface area (Å²) in [4.78, 5) is 1.75. The van der Waals surface area contributed by atoms with Crippen molar-refractivity contribution in [2.75, 3.05) is 14.1 Å². The third-order valence-corrected chi connectivity index (χ3v) is 0.806. The third-order valence-electron chi connectivity index (χ3n) is 0.806. The number of hydrogen-bond acceptors (Lipinski definition) is 1. The maximum atomic E-state index is 7.18. The van der Waals surface area contributed by atoms with Crippen LogP contribution in [0, 0.1) is 5.41 Å². The summed E-state index contributed by atoms with van der Waals surface area (Å²) >= 11 is 0. The van der Waals surface area contributed by atoms with Gasteiger partial charge in [-0.2, -0.15) is 0 Å². The average Bonchev–Trinajstić information content (AvgIpc) is 1.67. The van der Waals surface area contributed by atoms with Gasteiger partial charge in [0.05, 0.1) is 0 Å². The van der Waals surface area contributed by atoms with Gasteiger partial charge < -0.3 is 4.90 Å². The van der Waals surface area contributed by atoms with Crippen LogP contribution in [-0.2, 0) is 0 Å². The molecule has 0 aliphatic heterocycles. The summed E-state index contributed by atoms with van der Waals surface area (Å²) in [5.74, 6) is 0.535. The van der Waals surface area contributed by atoms with E-state index in [0.717, 1.165) is 0 Å². The molecule has 0 saturated heterocycles. The topological polar surface area (TPSA) is 27.1 Å². The minimum absolute atomic E-state index is 0.535. The van der Waals surface area contributed by atoms with E-state index in [0.29, 0.717) is 5.84 Å². The van der Waals surface area contributed by atoms with Crippen LogP contribution in [0.4, 0.5) is 0 Å². The van der Waals surface area contributed by atoms with Gasteiger partial charge in [0.1, 0.15) is 5.84 Å². The summed E-state index contributed by atoms with van der Waals surface area (Å²) in [5, 5.41) is 7.18. The lowest BCUT2D eigenvalue weighted by Crippen LogP contribution is -2.17. The zero-order valence-corrected chi connectivity index (χ0v) is 5.60. The normalized spacial score (nSPS) is 9.88. The van der Waals surface area contributed by atoms with E-state index in [-0.39, 0.29) is 0 Å². The summed E-state index contributed by atoms with van der Waals surface area (Å²) in [6, 6.07) is 0. The minimum atomic E-state index is 0.535. The Kier molecular flexibility index (Phi) is 2.92. The highest BCUT2D eigenvalue weighted by Gasteiger charge is 1.87. The zero-order chi connectivity index (χ0) is 6.57. The molecule has 0 aromatic rings. The fourth-order valence-electron chi connectivity index (χ4n) is 0.307. The molecular weight excluding hydrogens is 100 g/mol. The van der Waals surface area contributed by atoms with E-state index in [1.54, 1.807) is 11.0 Å². The van der Waals surface area contributed by atoms with Crippen molar-refractivity contribution in [3.05, 3.63) is 12.2 Å². The Hall–Kier alpha value is -0.790. The fraction of sp³-hybridized carbons (Fsp3) is 0.500. The van der Waals surface area contributed by atoms with Crippen molar-refractivity contribution in [2.24, 2.45) is 0 Å². The maximum absolute atomic E-state index is 7.18. The Morgan fingerprint density at radius 1 is 1.50 bits per heavy atom. The molecule has 0 aromatic carbocycles. The first kappa shape index (κ1) is 7.21. The first-order chi connectivity index (χ1) is 3.68. The van der Waals surface area contributed by atoms with Crippen molar-refractivity contribution in [3.8, 4) is 0 Å². The van der Waals surface area contributed by atoms with E-state index >= 15 is 0 Å². The molecule has 0 unspecified atom stereocenters. The lowest BCUT2D eigenvalue weighted by Gasteiger charge is -2.07. The van der Waals surface area contributed by atoms with Gasteiger partial charge in [-0.1, -0.05) is 6.08 Å². The lowest BCUT2D eigenvalue weighted by atomic mass is 10.5. The van der Waals surface area contributed by atoms with Gasteiger partial charge in [0.25, 0.3) is 0 Å². The van der Waals surface area contributed by atoms with Crippen molar-refractivity contribution in [1.82, 2.24) is 4.90 Å². The second-order valence-electron chi connectivity index (χ2n) is 1.78. The molecule has 8 heavy (non-hydrogen) atoms. The van der Waals surface area contributed by atoms with Crippen LogP contribution in [0.15, 0.2) is 12.2 Å². The van der Waals surface area contributed by atoms with Gasteiger partial charge in [-0.05, 0) is 13.0 Å². The molecule has 0 fully saturated rings. The molecule has 0 spiro atoms. The summed E-state index contributed by atoms with van der Waals surface area (Å²) in [5.41, 5.74) is 0. The molecule has 0 aliphatic carbocycles. The summed E-state index contributed by atoms with van der Waals surface area (Å²) in [6.07, 6.45) is 3.60. The highest BCUT2D eigenvalue weighted by Crippen LogP contribution is 1.79. The highest BCUT2D eigenvalue weighted by atomic mass is 15.1. The van der Waals surface area contributed by atoms with Crippen molar-refractivity contribution < 1.29 is 0 Å². The van der Waals surface area contributed by atoms with Crippen molar-refractivity contribution in [1.29, 1.82) is 5.41 Å².